The van der Waals surface area contributed by atoms with Crippen LogP contribution in [0.15, 0.2) is 72.9 Å². The molecule has 1 aromatic heterocycles. The highest BCUT2D eigenvalue weighted by Crippen LogP contribution is 2.28. The van der Waals surface area contributed by atoms with Gasteiger partial charge in [0.2, 0.25) is 0 Å². The number of benzene rings is 2. The predicted molar refractivity (Wildman–Crippen MR) is 163 cm³/mol. The number of carbonyl (C=O) groups excluding carboxylic acids is 1. The Kier molecular flexibility index (Phi) is 16.9. The van der Waals surface area contributed by atoms with E-state index in [0.717, 1.165) is 17.7 Å². The molecular formula is C34H46ClIN2O2. The number of ether oxygens (including phenoxy) is 1. The molecule has 0 bridgehead atoms. The fraction of sp³-hybridized carbons (Fsp3) is 0.471. The summed E-state index contributed by atoms with van der Waals surface area (Å²) in [4.78, 5) is 15.3. The molecule has 6 heteroatoms. The van der Waals surface area contributed by atoms with E-state index in [1.54, 1.807) is 4.90 Å². The smallest absolute Gasteiger partial charge is 0.323 e. The van der Waals surface area contributed by atoms with Crippen LogP contribution in [0, 0.1) is 0 Å². The van der Waals surface area contributed by atoms with Crippen LogP contribution in [0.3, 0.4) is 0 Å². The Morgan fingerprint density at radius 2 is 1.40 bits per heavy atom. The van der Waals surface area contributed by atoms with Crippen LogP contribution in [0.2, 0.25) is 5.02 Å². The molecule has 0 radical (unpaired) electrons. The first kappa shape index (κ1) is 34.1. The second kappa shape index (κ2) is 19.9. The molecule has 0 saturated heterocycles. The van der Waals surface area contributed by atoms with Crippen molar-refractivity contribution in [3.63, 3.8) is 0 Å². The van der Waals surface area contributed by atoms with Gasteiger partial charge in [0, 0.05) is 17.8 Å². The standard InChI is InChI=1S/C34H46ClN2O2.HI/c1-3-4-5-6-7-8-9-10-11-12-13-19-26-39-33-24-23-29(27-31(33)35)28-37(30-20-15-14-16-21-30)34(38)32-22-17-18-25-36(32)2;/h14-18,20-25,27H,3-13,19,26,28H2,1-2H3;1H/q+1;/p-1. The number of para-hydroxylation sites is 1. The van der Waals surface area contributed by atoms with Gasteiger partial charge in [0.05, 0.1) is 18.2 Å². The normalized spacial score (nSPS) is 10.7. The summed E-state index contributed by atoms with van der Waals surface area (Å²) in [6.07, 6.45) is 17.8. The Balaban J connectivity index is 0.00000560. The number of anilines is 1. The summed E-state index contributed by atoms with van der Waals surface area (Å²) in [6, 6.07) is 21.2. The minimum atomic E-state index is -0.0623. The first-order chi connectivity index (χ1) is 19.1. The molecule has 1 amide bonds. The van der Waals surface area contributed by atoms with Gasteiger partial charge in [0.1, 0.15) is 12.8 Å². The molecule has 0 saturated carbocycles. The van der Waals surface area contributed by atoms with Crippen molar-refractivity contribution in [2.45, 2.75) is 90.5 Å². The maximum Gasteiger partial charge on any atom is 0.323 e. The number of rotatable bonds is 18. The van der Waals surface area contributed by atoms with Gasteiger partial charge >= 0.3 is 5.91 Å². The van der Waals surface area contributed by atoms with Crippen molar-refractivity contribution in [2.24, 2.45) is 7.05 Å². The van der Waals surface area contributed by atoms with E-state index < -0.39 is 0 Å². The van der Waals surface area contributed by atoms with Crippen LogP contribution >= 0.6 is 11.6 Å². The molecule has 218 valence electrons. The van der Waals surface area contributed by atoms with Gasteiger partial charge in [-0.1, -0.05) is 113 Å². The minimum Gasteiger partial charge on any atom is -1.00 e. The Hall–Kier alpha value is -2.12. The molecule has 1 heterocycles. The number of hydrogen-bond acceptors (Lipinski definition) is 2. The third-order valence-electron chi connectivity index (χ3n) is 7.18. The zero-order chi connectivity index (χ0) is 27.7. The summed E-state index contributed by atoms with van der Waals surface area (Å²) in [5, 5.41) is 0.581. The van der Waals surface area contributed by atoms with Crippen LogP contribution in [-0.2, 0) is 13.6 Å². The van der Waals surface area contributed by atoms with Crippen molar-refractivity contribution in [3.05, 3.63) is 89.2 Å². The molecule has 4 nitrogen and oxygen atoms in total. The van der Waals surface area contributed by atoms with Crippen molar-refractivity contribution in [2.75, 3.05) is 11.5 Å². The van der Waals surface area contributed by atoms with Gasteiger partial charge in [0.15, 0.2) is 6.20 Å². The van der Waals surface area contributed by atoms with E-state index in [2.05, 4.69) is 6.92 Å². The number of amides is 1. The molecule has 3 rings (SSSR count). The van der Waals surface area contributed by atoms with Gasteiger partial charge in [-0.25, -0.2) is 0 Å². The molecule has 0 aliphatic carbocycles. The Bertz CT molecular complexity index is 1130. The molecule has 0 N–H and O–H groups in total. The lowest BCUT2D eigenvalue weighted by molar-refractivity contribution is -0.673. The van der Waals surface area contributed by atoms with E-state index >= 15 is 0 Å². The molecule has 0 aliphatic rings. The molecule has 0 unspecified atom stereocenters. The number of halogens is 2. The van der Waals surface area contributed by atoms with E-state index in [4.69, 9.17) is 16.3 Å². The minimum absolute atomic E-state index is 0. The summed E-state index contributed by atoms with van der Waals surface area (Å²) < 4.78 is 7.83. The summed E-state index contributed by atoms with van der Waals surface area (Å²) >= 11 is 6.60. The first-order valence-electron chi connectivity index (χ1n) is 14.8. The first-order valence-corrected chi connectivity index (χ1v) is 15.2. The monoisotopic (exact) mass is 676 g/mol. The van der Waals surface area contributed by atoms with E-state index in [1.165, 1.54) is 70.6 Å². The zero-order valence-corrected chi connectivity index (χ0v) is 27.2. The Morgan fingerprint density at radius 3 is 2.00 bits per heavy atom. The van der Waals surface area contributed by atoms with Crippen molar-refractivity contribution in [1.29, 1.82) is 0 Å². The van der Waals surface area contributed by atoms with Crippen LogP contribution < -0.4 is 38.2 Å². The van der Waals surface area contributed by atoms with Crippen molar-refractivity contribution < 1.29 is 38.1 Å². The molecule has 0 aliphatic heterocycles. The number of pyridine rings is 1. The summed E-state index contributed by atoms with van der Waals surface area (Å²) in [5.41, 5.74) is 2.41. The predicted octanol–water partition coefficient (Wildman–Crippen LogP) is 6.10. The van der Waals surface area contributed by atoms with Gasteiger partial charge in [-0.3, -0.25) is 9.69 Å². The summed E-state index contributed by atoms with van der Waals surface area (Å²) in [5.74, 6) is 0.642. The third kappa shape index (κ3) is 11.8. The molecule has 2 aromatic carbocycles. The highest BCUT2D eigenvalue weighted by molar-refractivity contribution is 6.32. The van der Waals surface area contributed by atoms with E-state index in [1.807, 2.05) is 84.5 Å². The fourth-order valence-electron chi connectivity index (χ4n) is 4.84. The summed E-state index contributed by atoms with van der Waals surface area (Å²) in [6.45, 7) is 3.36. The number of carbonyl (C=O) groups is 1. The maximum atomic E-state index is 13.5. The van der Waals surface area contributed by atoms with Gasteiger partial charge in [0.25, 0.3) is 5.69 Å². The molecule has 3 aromatic rings. The number of nitrogens with zero attached hydrogens (tertiary/aromatic N) is 2. The second-order valence-electron chi connectivity index (χ2n) is 10.4. The quantitative estimate of drug-likeness (QED) is 0.0928. The van der Waals surface area contributed by atoms with Gasteiger partial charge in [-0.15, -0.1) is 0 Å². The molecule has 0 fully saturated rings. The van der Waals surface area contributed by atoms with Gasteiger partial charge < -0.3 is 28.7 Å². The van der Waals surface area contributed by atoms with Crippen molar-refractivity contribution in [1.82, 2.24) is 0 Å². The molecule has 0 spiro atoms. The Labute approximate surface area is 264 Å². The maximum absolute atomic E-state index is 13.5. The van der Waals surface area contributed by atoms with Crippen LogP contribution in [0.5, 0.6) is 5.75 Å². The average molecular weight is 677 g/mol. The topological polar surface area (TPSA) is 33.4 Å². The number of unbranched alkanes of at least 4 members (excludes halogenated alkanes) is 11. The number of hydrogen-bond donors (Lipinski definition) is 0. The second-order valence-corrected chi connectivity index (χ2v) is 10.8. The van der Waals surface area contributed by atoms with Gasteiger partial charge in [-0.2, -0.15) is 4.57 Å². The van der Waals surface area contributed by atoms with Gasteiger partial charge in [-0.05, 0) is 42.3 Å². The van der Waals surface area contributed by atoms with Crippen LogP contribution in [0.1, 0.15) is 100 Å². The highest BCUT2D eigenvalue weighted by atomic mass is 127. The number of aromatic nitrogens is 1. The summed E-state index contributed by atoms with van der Waals surface area (Å²) in [7, 11) is 1.88. The van der Waals surface area contributed by atoms with E-state index in [-0.39, 0.29) is 29.9 Å². The molecular weight excluding hydrogens is 631 g/mol. The lowest BCUT2D eigenvalue weighted by Crippen LogP contribution is -3.00. The van der Waals surface area contributed by atoms with E-state index in [0.29, 0.717) is 29.6 Å². The zero-order valence-electron chi connectivity index (χ0n) is 24.3. The molecule has 40 heavy (non-hydrogen) atoms. The highest BCUT2D eigenvalue weighted by Gasteiger charge is 2.25. The molecule has 0 atom stereocenters. The van der Waals surface area contributed by atoms with Crippen molar-refractivity contribution >= 4 is 23.2 Å². The van der Waals surface area contributed by atoms with Crippen molar-refractivity contribution in [3.8, 4) is 5.75 Å². The van der Waals surface area contributed by atoms with Crippen LogP contribution in [-0.4, -0.2) is 12.5 Å². The SMILES string of the molecule is CCCCCCCCCCCCCCOc1ccc(CN(C(=O)c2cccc[n+]2C)c2ccccc2)cc1Cl.[I-]. The Morgan fingerprint density at radius 1 is 0.800 bits per heavy atom. The number of aryl methyl sites for hydroxylation is 1. The van der Waals surface area contributed by atoms with Crippen LogP contribution in [0.4, 0.5) is 5.69 Å². The fourth-order valence-corrected chi connectivity index (χ4v) is 5.10. The lowest BCUT2D eigenvalue weighted by Gasteiger charge is -2.22. The lowest BCUT2D eigenvalue weighted by atomic mass is 10.1. The third-order valence-corrected chi connectivity index (χ3v) is 7.47. The van der Waals surface area contributed by atoms with Crippen LogP contribution in [0.25, 0.3) is 0 Å². The average Bonchev–Trinajstić information content (AvgIpc) is 2.95. The largest absolute Gasteiger partial charge is 1.00 e. The van der Waals surface area contributed by atoms with E-state index in [9.17, 15) is 4.79 Å².